The molecule has 2 atom stereocenters. The Morgan fingerprint density at radius 2 is 1.68 bits per heavy atom. The van der Waals surface area contributed by atoms with Crippen molar-refractivity contribution in [1.29, 1.82) is 0 Å². The van der Waals surface area contributed by atoms with Crippen LogP contribution in [-0.4, -0.2) is 21.4 Å². The van der Waals surface area contributed by atoms with Crippen LogP contribution in [0.4, 0.5) is 0 Å². The van der Waals surface area contributed by atoms with Gasteiger partial charge in [0, 0.05) is 35.1 Å². The Morgan fingerprint density at radius 3 is 2.47 bits per heavy atom. The number of carbonyl (C=O) groups is 1. The van der Waals surface area contributed by atoms with Gasteiger partial charge in [-0.3, -0.25) is 4.79 Å². The minimum absolute atomic E-state index is 0.0466. The Labute approximate surface area is 204 Å². The number of carbonyl (C=O) groups excluding carboxylic acids is 1. The molecule has 2 aromatic carbocycles. The predicted molar refractivity (Wildman–Crippen MR) is 142 cm³/mol. The highest BCUT2D eigenvalue weighted by Gasteiger charge is 2.44. The maximum Gasteiger partial charge on any atom is 0.250 e. The second kappa shape index (κ2) is 9.82. The molecule has 1 amide bonds. The Morgan fingerprint density at radius 1 is 0.941 bits per heavy atom. The molecule has 178 valence electrons. The number of rotatable bonds is 8. The number of nitrogens with zero attached hydrogens (tertiary/aromatic N) is 2. The van der Waals surface area contributed by atoms with E-state index in [-0.39, 0.29) is 12.1 Å². The number of aryl methyl sites for hydroxylation is 1. The fraction of sp³-hybridized carbons (Fsp3) is 0.452. The van der Waals surface area contributed by atoms with Gasteiger partial charge in [0.1, 0.15) is 0 Å². The van der Waals surface area contributed by atoms with Gasteiger partial charge in [0.05, 0.1) is 11.7 Å². The number of aromatic nitrogens is 1. The highest BCUT2D eigenvalue weighted by molar-refractivity contribution is 6.01. The number of unbranched alkanes of at least 4 members (excludes halogenated alkanes) is 3. The van der Waals surface area contributed by atoms with Crippen LogP contribution in [0.25, 0.3) is 22.2 Å². The van der Waals surface area contributed by atoms with Crippen LogP contribution in [-0.2, 0) is 11.8 Å². The summed E-state index contributed by atoms with van der Waals surface area (Å²) in [5.74, 6) is 0.301. The lowest BCUT2D eigenvalue weighted by atomic mass is 9.85. The van der Waals surface area contributed by atoms with Crippen molar-refractivity contribution >= 4 is 16.8 Å². The summed E-state index contributed by atoms with van der Waals surface area (Å²) in [5.41, 5.74) is 7.55. The van der Waals surface area contributed by atoms with E-state index in [0.717, 1.165) is 31.3 Å². The van der Waals surface area contributed by atoms with Gasteiger partial charge in [-0.2, -0.15) is 0 Å². The first kappa shape index (κ1) is 23.0. The average Bonchev–Trinajstić information content (AvgIpc) is 3.33. The molecule has 5 rings (SSSR count). The predicted octanol–water partition coefficient (Wildman–Crippen LogP) is 7.96. The van der Waals surface area contributed by atoms with E-state index < -0.39 is 0 Å². The Bertz CT molecular complexity index is 1200. The first-order chi connectivity index (χ1) is 16.6. The highest BCUT2D eigenvalue weighted by Crippen LogP contribution is 2.50. The first-order valence-corrected chi connectivity index (χ1v) is 13.3. The summed E-state index contributed by atoms with van der Waals surface area (Å²) < 4.78 is 2.34. The first-order valence-electron chi connectivity index (χ1n) is 13.3. The van der Waals surface area contributed by atoms with Crippen LogP contribution in [0.5, 0.6) is 0 Å². The summed E-state index contributed by atoms with van der Waals surface area (Å²) in [4.78, 5) is 16.2. The lowest BCUT2D eigenvalue weighted by molar-refractivity contribution is -0.129. The van der Waals surface area contributed by atoms with Gasteiger partial charge < -0.3 is 9.47 Å². The quantitative estimate of drug-likeness (QED) is 0.317. The van der Waals surface area contributed by atoms with Gasteiger partial charge in [0.25, 0.3) is 5.91 Å². The van der Waals surface area contributed by atoms with Crippen molar-refractivity contribution in [2.24, 2.45) is 7.05 Å². The molecule has 2 heterocycles. The normalized spacial score (nSPS) is 19.2. The molecule has 0 radical (unpaired) electrons. The second-order valence-electron chi connectivity index (χ2n) is 10.2. The Balaban J connectivity index is 1.67. The zero-order chi connectivity index (χ0) is 23.7. The zero-order valence-corrected chi connectivity index (χ0v) is 21.0. The van der Waals surface area contributed by atoms with Crippen LogP contribution < -0.4 is 0 Å². The molecule has 0 saturated carbocycles. The van der Waals surface area contributed by atoms with Crippen LogP contribution in [0.15, 0.2) is 65.7 Å². The summed E-state index contributed by atoms with van der Waals surface area (Å²) >= 11 is 0. The van der Waals surface area contributed by atoms with Crippen LogP contribution in [0.3, 0.4) is 0 Å². The van der Waals surface area contributed by atoms with Gasteiger partial charge in [-0.1, -0.05) is 81.1 Å². The van der Waals surface area contributed by atoms with Crippen molar-refractivity contribution in [2.45, 2.75) is 83.7 Å². The van der Waals surface area contributed by atoms with Crippen molar-refractivity contribution in [2.75, 3.05) is 0 Å². The fourth-order valence-electron chi connectivity index (χ4n) is 6.33. The summed E-state index contributed by atoms with van der Waals surface area (Å²) in [6.07, 6.45) is 10.4. The summed E-state index contributed by atoms with van der Waals surface area (Å²) in [7, 11) is 2.18. The number of amides is 1. The molecule has 34 heavy (non-hydrogen) atoms. The second-order valence-corrected chi connectivity index (χ2v) is 10.2. The SMILES string of the molecule is CCCCCCC(C)N1C(=O)C2=C(CCCC2)C1c1c(-c2ccccc2)n(C)c2ccccc12. The van der Waals surface area contributed by atoms with Crippen molar-refractivity contribution in [1.82, 2.24) is 9.47 Å². The van der Waals surface area contributed by atoms with Gasteiger partial charge in [-0.15, -0.1) is 0 Å². The van der Waals surface area contributed by atoms with Crippen molar-refractivity contribution in [3.05, 3.63) is 71.3 Å². The molecule has 3 nitrogen and oxygen atoms in total. The molecular weight excluding hydrogens is 416 g/mol. The molecule has 1 aliphatic carbocycles. The van der Waals surface area contributed by atoms with Crippen molar-refractivity contribution in [3.8, 4) is 11.3 Å². The summed E-state index contributed by atoms with van der Waals surface area (Å²) in [6.45, 7) is 4.54. The van der Waals surface area contributed by atoms with E-state index in [4.69, 9.17) is 0 Å². The molecule has 2 unspecified atom stereocenters. The molecular formula is C31H38N2O. The van der Waals surface area contributed by atoms with E-state index in [1.165, 1.54) is 65.4 Å². The van der Waals surface area contributed by atoms with Gasteiger partial charge in [-0.25, -0.2) is 0 Å². The molecule has 0 saturated heterocycles. The summed E-state index contributed by atoms with van der Waals surface area (Å²) in [5, 5.41) is 1.28. The van der Waals surface area contributed by atoms with E-state index in [0.29, 0.717) is 5.91 Å². The van der Waals surface area contributed by atoms with Gasteiger partial charge in [0.2, 0.25) is 0 Å². The van der Waals surface area contributed by atoms with Crippen LogP contribution in [0.1, 0.15) is 83.2 Å². The number of benzene rings is 2. The lowest BCUT2D eigenvalue weighted by Gasteiger charge is -2.34. The maximum atomic E-state index is 13.9. The minimum atomic E-state index is 0.0466. The topological polar surface area (TPSA) is 25.2 Å². The molecule has 3 aromatic rings. The molecule has 2 aliphatic rings. The fourth-order valence-corrected chi connectivity index (χ4v) is 6.33. The van der Waals surface area contributed by atoms with Crippen LogP contribution >= 0.6 is 0 Å². The third-order valence-corrected chi connectivity index (χ3v) is 8.03. The van der Waals surface area contributed by atoms with E-state index >= 15 is 0 Å². The molecule has 0 N–H and O–H groups in total. The third kappa shape index (κ3) is 3.89. The van der Waals surface area contributed by atoms with Crippen molar-refractivity contribution < 1.29 is 4.79 Å². The lowest BCUT2D eigenvalue weighted by Crippen LogP contribution is -2.38. The van der Waals surface area contributed by atoms with Gasteiger partial charge in [-0.05, 0) is 56.2 Å². The largest absolute Gasteiger partial charge is 0.343 e. The number of para-hydroxylation sites is 1. The Hall–Kier alpha value is -2.81. The van der Waals surface area contributed by atoms with E-state index in [9.17, 15) is 4.79 Å². The number of fused-ring (bicyclic) bond motifs is 1. The van der Waals surface area contributed by atoms with E-state index in [2.05, 4.69) is 85.0 Å². The minimum Gasteiger partial charge on any atom is -0.343 e. The zero-order valence-electron chi connectivity index (χ0n) is 21.0. The standard InChI is InChI=1S/C31H38N2O/c1-4-5-6-8-15-22(2)33-30(24-18-11-12-19-25(24)31(33)34)28-26-20-13-14-21-27(26)32(3)29(28)23-16-9-7-10-17-23/h7,9-10,13-14,16-17,20-22,30H,4-6,8,11-12,15,18-19H2,1-3H3. The van der Waals surface area contributed by atoms with Gasteiger partial charge >= 0.3 is 0 Å². The average molecular weight is 455 g/mol. The van der Waals surface area contributed by atoms with Crippen LogP contribution in [0.2, 0.25) is 0 Å². The van der Waals surface area contributed by atoms with E-state index in [1.54, 1.807) is 0 Å². The monoisotopic (exact) mass is 454 g/mol. The maximum absolute atomic E-state index is 13.9. The summed E-state index contributed by atoms with van der Waals surface area (Å²) in [6, 6.07) is 19.8. The smallest absolute Gasteiger partial charge is 0.250 e. The number of hydrogen-bond acceptors (Lipinski definition) is 1. The number of hydrogen-bond donors (Lipinski definition) is 0. The molecule has 1 aromatic heterocycles. The molecule has 1 aliphatic heterocycles. The molecule has 0 bridgehead atoms. The molecule has 3 heteroatoms. The van der Waals surface area contributed by atoms with Gasteiger partial charge in [0.15, 0.2) is 0 Å². The third-order valence-electron chi connectivity index (χ3n) is 8.03. The highest BCUT2D eigenvalue weighted by atomic mass is 16.2. The van der Waals surface area contributed by atoms with Crippen LogP contribution in [0, 0.1) is 0 Å². The van der Waals surface area contributed by atoms with Crippen molar-refractivity contribution in [3.63, 3.8) is 0 Å². The molecule has 0 spiro atoms. The van der Waals surface area contributed by atoms with E-state index in [1.807, 2.05) is 0 Å². The molecule has 0 fully saturated rings. The Kier molecular flexibility index (Phi) is 6.63.